The van der Waals surface area contributed by atoms with Gasteiger partial charge in [0.1, 0.15) is 25.9 Å². The Labute approximate surface area is 283 Å². The Morgan fingerprint density at radius 1 is 0.979 bits per heavy atom. The van der Waals surface area contributed by atoms with E-state index in [1.54, 1.807) is 13.0 Å². The Bertz CT molecular complexity index is 1630. The number of hydrogen-bond donors (Lipinski definition) is 2. The number of sulfone groups is 1. The lowest BCUT2D eigenvalue weighted by atomic mass is 9.94. The van der Waals surface area contributed by atoms with Gasteiger partial charge in [-0.25, -0.2) is 18.0 Å². The molecule has 2 N–H and O–H groups in total. The van der Waals surface area contributed by atoms with Gasteiger partial charge < -0.3 is 34.3 Å². The molecule has 0 aliphatic carbocycles. The molecular weight excluding hydrogens is 672 g/mol. The normalized spacial score (nSPS) is 13.8. The van der Waals surface area contributed by atoms with Gasteiger partial charge in [-0.05, 0) is 54.3 Å². The molecule has 0 bridgehead atoms. The molecule has 1 amide bonds. The minimum absolute atomic E-state index is 0.0146. The van der Waals surface area contributed by atoms with Crippen molar-refractivity contribution < 1.29 is 56.1 Å². The van der Waals surface area contributed by atoms with Gasteiger partial charge in [-0.2, -0.15) is 0 Å². The fourth-order valence-corrected chi connectivity index (χ4v) is 5.97. The smallest absolute Gasteiger partial charge is 0.465 e. The monoisotopic (exact) mass is 710 g/mol. The molecule has 0 saturated heterocycles. The lowest BCUT2D eigenvalue weighted by Gasteiger charge is -2.24. The predicted molar refractivity (Wildman–Crippen MR) is 171 cm³/mol. The molecule has 1 aliphatic heterocycles. The van der Waals surface area contributed by atoms with Gasteiger partial charge in [0.2, 0.25) is 6.29 Å². The molecule has 2 aromatic rings. The fourth-order valence-electron chi connectivity index (χ4n) is 4.83. The van der Waals surface area contributed by atoms with Crippen LogP contribution in [0.25, 0.3) is 0 Å². The third kappa shape index (κ3) is 11.5. The molecule has 0 radical (unpaired) electrons. The van der Waals surface area contributed by atoms with E-state index in [0.717, 1.165) is 17.4 Å². The van der Waals surface area contributed by atoms with Gasteiger partial charge >= 0.3 is 24.1 Å². The molecule has 1 aliphatic rings. The summed E-state index contributed by atoms with van der Waals surface area (Å²) in [6.45, 7) is 5.87. The van der Waals surface area contributed by atoms with Crippen molar-refractivity contribution >= 4 is 51.4 Å². The van der Waals surface area contributed by atoms with E-state index in [2.05, 4.69) is 10.6 Å². The van der Waals surface area contributed by atoms with Gasteiger partial charge in [0.25, 0.3) is 5.91 Å². The topological polar surface area (TPSA) is 190 Å². The molecule has 0 spiro atoms. The molecule has 16 heteroatoms. The van der Waals surface area contributed by atoms with Crippen LogP contribution in [0, 0.1) is 12.8 Å². The van der Waals surface area contributed by atoms with E-state index in [9.17, 15) is 32.4 Å². The summed E-state index contributed by atoms with van der Waals surface area (Å²) in [5.41, 5.74) is 2.97. The highest BCUT2D eigenvalue weighted by molar-refractivity contribution is 7.90. The number of hydrogen-bond acceptors (Lipinski definition) is 13. The first-order valence-electron chi connectivity index (χ1n) is 15.0. The van der Waals surface area contributed by atoms with Gasteiger partial charge in [-0.15, -0.1) is 0 Å². The summed E-state index contributed by atoms with van der Waals surface area (Å²) in [4.78, 5) is 61.8. The minimum atomic E-state index is -3.57. The third-order valence-electron chi connectivity index (χ3n) is 7.13. The number of amides is 1. The van der Waals surface area contributed by atoms with Gasteiger partial charge in [0.05, 0.1) is 21.4 Å². The number of aryl methyl sites for hydroxylation is 1. The number of fused-ring (bicyclic) bond motifs is 1. The van der Waals surface area contributed by atoms with Crippen LogP contribution in [-0.2, 0) is 67.3 Å². The molecule has 48 heavy (non-hydrogen) atoms. The molecule has 0 fully saturated rings. The zero-order chi connectivity index (χ0) is 35.6. The first kappa shape index (κ1) is 38.2. The highest BCUT2D eigenvalue weighted by Gasteiger charge is 2.30. The summed E-state index contributed by atoms with van der Waals surface area (Å²) < 4.78 is 49.5. The standard InChI is InChI=1S/C32H39ClN2O12S/c1-18-11-24-14-34-10-9-26(24)29(33)28(18)30(38)35-27(13-22-7-6-8-25(12-22)48(5,41)42)31(39)46-21(4)47-32(40)45-17-23(15-43-19(2)36)16-44-20(3)37/h6-8,11-12,21,23,27,34H,9-10,13-17H2,1-5H3,(H,35,38)/t21?,27-/m0/s1. The van der Waals surface area contributed by atoms with Crippen molar-refractivity contribution in [1.82, 2.24) is 10.6 Å². The number of benzene rings is 2. The first-order valence-corrected chi connectivity index (χ1v) is 17.2. The molecule has 2 atom stereocenters. The van der Waals surface area contributed by atoms with Gasteiger partial charge in [0, 0.05) is 40.0 Å². The van der Waals surface area contributed by atoms with E-state index < -0.39 is 58.1 Å². The summed E-state index contributed by atoms with van der Waals surface area (Å²) in [7, 11) is -3.57. The van der Waals surface area contributed by atoms with Crippen molar-refractivity contribution in [2.45, 2.75) is 64.3 Å². The van der Waals surface area contributed by atoms with Crippen LogP contribution in [0.3, 0.4) is 0 Å². The lowest BCUT2D eigenvalue weighted by Crippen LogP contribution is -2.45. The first-order chi connectivity index (χ1) is 22.5. The Morgan fingerprint density at radius 2 is 1.62 bits per heavy atom. The molecular formula is C32H39ClN2O12S. The van der Waals surface area contributed by atoms with E-state index in [-0.39, 0.29) is 41.7 Å². The average molecular weight is 711 g/mol. The van der Waals surface area contributed by atoms with E-state index in [1.807, 2.05) is 6.07 Å². The van der Waals surface area contributed by atoms with Crippen molar-refractivity contribution in [2.24, 2.45) is 5.92 Å². The second-order valence-electron chi connectivity index (χ2n) is 11.3. The van der Waals surface area contributed by atoms with Crippen molar-refractivity contribution in [1.29, 1.82) is 0 Å². The number of halogens is 1. The predicted octanol–water partition coefficient (Wildman–Crippen LogP) is 2.82. The van der Waals surface area contributed by atoms with Crippen LogP contribution in [0.4, 0.5) is 4.79 Å². The summed E-state index contributed by atoms with van der Waals surface area (Å²) in [6, 6.07) is 6.37. The fraction of sp³-hybridized carbons (Fsp3) is 0.469. The van der Waals surface area contributed by atoms with E-state index in [1.165, 1.54) is 39.0 Å². The quantitative estimate of drug-likeness (QED) is 0.166. The Balaban J connectivity index is 1.75. The molecule has 0 saturated carbocycles. The van der Waals surface area contributed by atoms with Gasteiger partial charge in [-0.3, -0.25) is 14.4 Å². The van der Waals surface area contributed by atoms with Crippen molar-refractivity contribution in [2.75, 3.05) is 32.6 Å². The number of carbonyl (C=O) groups excluding carboxylic acids is 5. The zero-order valence-electron chi connectivity index (χ0n) is 27.3. The third-order valence-corrected chi connectivity index (χ3v) is 8.66. The van der Waals surface area contributed by atoms with Crippen molar-refractivity contribution in [3.8, 4) is 0 Å². The lowest BCUT2D eigenvalue weighted by molar-refractivity contribution is -0.170. The summed E-state index contributed by atoms with van der Waals surface area (Å²) in [5, 5.41) is 6.18. The molecule has 1 heterocycles. The highest BCUT2D eigenvalue weighted by atomic mass is 35.5. The van der Waals surface area contributed by atoms with Crippen LogP contribution in [-0.4, -0.2) is 83.3 Å². The Kier molecular flexibility index (Phi) is 13.8. The van der Waals surface area contributed by atoms with Crippen LogP contribution >= 0.6 is 11.6 Å². The number of carbonyl (C=O) groups is 5. The molecule has 262 valence electrons. The Hall–Kier alpha value is -4.21. The summed E-state index contributed by atoms with van der Waals surface area (Å²) in [6.07, 6.45) is -1.25. The van der Waals surface area contributed by atoms with Gasteiger partial charge in [0.15, 0.2) is 9.84 Å². The molecule has 0 aromatic heterocycles. The Morgan fingerprint density at radius 3 is 2.25 bits per heavy atom. The van der Waals surface area contributed by atoms with E-state index in [4.69, 9.17) is 35.3 Å². The van der Waals surface area contributed by atoms with E-state index >= 15 is 0 Å². The SMILES string of the molecule is CC(=O)OCC(COC(C)=O)COC(=O)OC(C)OC(=O)[C@H](Cc1cccc(S(C)(=O)=O)c1)NC(=O)c1c(C)cc2c(c1Cl)CCNC2. The molecule has 1 unspecified atom stereocenters. The van der Waals surface area contributed by atoms with E-state index in [0.29, 0.717) is 30.6 Å². The van der Waals surface area contributed by atoms with Crippen LogP contribution in [0.2, 0.25) is 5.02 Å². The number of rotatable bonds is 14. The molecule has 2 aromatic carbocycles. The molecule has 3 rings (SSSR count). The maximum absolute atomic E-state index is 13.6. The maximum atomic E-state index is 13.6. The highest BCUT2D eigenvalue weighted by Crippen LogP contribution is 2.30. The minimum Gasteiger partial charge on any atom is -0.465 e. The number of nitrogens with one attached hydrogen (secondary N) is 2. The number of esters is 3. The van der Waals surface area contributed by atoms with Crippen LogP contribution in [0.15, 0.2) is 35.2 Å². The maximum Gasteiger partial charge on any atom is 0.511 e. The summed E-state index contributed by atoms with van der Waals surface area (Å²) >= 11 is 6.69. The van der Waals surface area contributed by atoms with Gasteiger partial charge in [-0.1, -0.05) is 29.8 Å². The number of ether oxygens (including phenoxy) is 5. The summed E-state index contributed by atoms with van der Waals surface area (Å²) in [5.74, 6) is -3.51. The second-order valence-corrected chi connectivity index (χ2v) is 13.6. The van der Waals surface area contributed by atoms with Crippen LogP contribution < -0.4 is 10.6 Å². The van der Waals surface area contributed by atoms with Crippen LogP contribution in [0.5, 0.6) is 0 Å². The second kappa shape index (κ2) is 17.3. The van der Waals surface area contributed by atoms with Crippen molar-refractivity contribution in [3.05, 3.63) is 63.2 Å². The molecule has 14 nitrogen and oxygen atoms in total. The van der Waals surface area contributed by atoms with Crippen LogP contribution in [0.1, 0.15) is 53.4 Å². The zero-order valence-corrected chi connectivity index (χ0v) is 28.8. The largest absolute Gasteiger partial charge is 0.511 e. The van der Waals surface area contributed by atoms with Crippen molar-refractivity contribution in [3.63, 3.8) is 0 Å². The average Bonchev–Trinajstić information content (AvgIpc) is 2.99.